The zero-order chi connectivity index (χ0) is 23.7. The molecule has 2 aliphatic rings. The number of amides is 4. The standard InChI is InChI=1S/C25H17ClN2O6/c26-20-4-2-1-3-16(20)13-32-18-8-5-15(6-9-18)11-19-23(29)27-25(31)28(24(19)30)17-7-10-21-22(12-17)34-14-33-21/h1-12H,13-14H2,(H,27,29,31)/b19-11+. The van der Waals surface area contributed by atoms with Gasteiger partial charge in [-0.15, -0.1) is 0 Å². The Morgan fingerprint density at radius 3 is 2.53 bits per heavy atom. The molecular weight excluding hydrogens is 460 g/mol. The van der Waals surface area contributed by atoms with E-state index in [0.717, 1.165) is 10.5 Å². The minimum Gasteiger partial charge on any atom is -0.489 e. The minimum absolute atomic E-state index is 0.0562. The summed E-state index contributed by atoms with van der Waals surface area (Å²) in [5.74, 6) is 0.00145. The fourth-order valence-electron chi connectivity index (χ4n) is 3.52. The van der Waals surface area contributed by atoms with Crippen molar-refractivity contribution in [2.24, 2.45) is 0 Å². The van der Waals surface area contributed by atoms with Gasteiger partial charge in [-0.1, -0.05) is 41.9 Å². The molecule has 0 saturated carbocycles. The minimum atomic E-state index is -0.839. The Balaban J connectivity index is 1.35. The molecule has 0 radical (unpaired) electrons. The molecule has 0 spiro atoms. The molecule has 0 atom stereocenters. The second-order valence-corrected chi connectivity index (χ2v) is 7.85. The van der Waals surface area contributed by atoms with E-state index < -0.39 is 17.8 Å². The van der Waals surface area contributed by atoms with E-state index in [1.165, 1.54) is 12.1 Å². The summed E-state index contributed by atoms with van der Waals surface area (Å²) in [7, 11) is 0. The number of ether oxygens (including phenoxy) is 3. The van der Waals surface area contributed by atoms with Gasteiger partial charge >= 0.3 is 6.03 Å². The van der Waals surface area contributed by atoms with Crippen LogP contribution in [-0.2, 0) is 16.2 Å². The van der Waals surface area contributed by atoms with E-state index >= 15 is 0 Å². The highest BCUT2D eigenvalue weighted by Gasteiger charge is 2.37. The molecule has 9 heteroatoms. The van der Waals surface area contributed by atoms with Crippen molar-refractivity contribution in [2.75, 3.05) is 11.7 Å². The number of hydrogen-bond donors (Lipinski definition) is 1. The first kappa shape index (κ1) is 21.5. The number of nitrogens with zero attached hydrogens (tertiary/aromatic N) is 1. The summed E-state index contributed by atoms with van der Waals surface area (Å²) in [5, 5.41) is 2.82. The van der Waals surface area contributed by atoms with E-state index in [2.05, 4.69) is 5.32 Å². The molecule has 2 heterocycles. The van der Waals surface area contributed by atoms with Crippen LogP contribution in [0.5, 0.6) is 17.2 Å². The molecule has 34 heavy (non-hydrogen) atoms. The van der Waals surface area contributed by atoms with Crippen LogP contribution in [0, 0.1) is 0 Å². The summed E-state index contributed by atoms with van der Waals surface area (Å²) in [6.45, 7) is 0.355. The van der Waals surface area contributed by atoms with Crippen molar-refractivity contribution in [3.63, 3.8) is 0 Å². The second-order valence-electron chi connectivity index (χ2n) is 7.44. The largest absolute Gasteiger partial charge is 0.489 e. The summed E-state index contributed by atoms with van der Waals surface area (Å²) in [6.07, 6.45) is 1.42. The van der Waals surface area contributed by atoms with Gasteiger partial charge in [0.1, 0.15) is 17.9 Å². The van der Waals surface area contributed by atoms with Gasteiger partial charge in [0.25, 0.3) is 11.8 Å². The number of anilines is 1. The SMILES string of the molecule is O=C1NC(=O)N(c2ccc3c(c2)OCO3)C(=O)/C1=C/c1ccc(OCc2ccccc2Cl)cc1. The predicted molar refractivity (Wildman–Crippen MR) is 124 cm³/mol. The van der Waals surface area contributed by atoms with Crippen molar-refractivity contribution in [3.05, 3.63) is 88.5 Å². The van der Waals surface area contributed by atoms with Crippen LogP contribution in [0.4, 0.5) is 10.5 Å². The smallest absolute Gasteiger partial charge is 0.335 e. The fraction of sp³-hybridized carbons (Fsp3) is 0.0800. The van der Waals surface area contributed by atoms with Crippen molar-refractivity contribution in [3.8, 4) is 17.2 Å². The number of benzene rings is 3. The van der Waals surface area contributed by atoms with Gasteiger partial charge in [0.2, 0.25) is 6.79 Å². The van der Waals surface area contributed by atoms with E-state index in [-0.39, 0.29) is 18.1 Å². The van der Waals surface area contributed by atoms with Crippen molar-refractivity contribution in [1.82, 2.24) is 5.32 Å². The van der Waals surface area contributed by atoms with Gasteiger partial charge in [0, 0.05) is 16.7 Å². The molecular formula is C25H17ClN2O6. The maximum absolute atomic E-state index is 13.1. The van der Waals surface area contributed by atoms with Gasteiger partial charge in [-0.3, -0.25) is 14.9 Å². The summed E-state index contributed by atoms with van der Waals surface area (Å²) < 4.78 is 16.3. The van der Waals surface area contributed by atoms with Crippen LogP contribution in [0.25, 0.3) is 6.08 Å². The van der Waals surface area contributed by atoms with Crippen LogP contribution < -0.4 is 24.4 Å². The van der Waals surface area contributed by atoms with E-state index in [1.807, 2.05) is 18.2 Å². The highest BCUT2D eigenvalue weighted by molar-refractivity contribution is 6.39. The average molecular weight is 477 g/mol. The fourth-order valence-corrected chi connectivity index (χ4v) is 3.71. The summed E-state index contributed by atoms with van der Waals surface area (Å²) >= 11 is 6.15. The van der Waals surface area contributed by atoms with Crippen molar-refractivity contribution in [2.45, 2.75) is 6.61 Å². The Hall–Kier alpha value is -4.30. The molecule has 3 aromatic carbocycles. The van der Waals surface area contributed by atoms with Gasteiger partial charge in [-0.25, -0.2) is 9.69 Å². The molecule has 1 N–H and O–H groups in total. The summed E-state index contributed by atoms with van der Waals surface area (Å²) in [5.41, 5.74) is 1.52. The number of carbonyl (C=O) groups is 3. The number of hydrogen-bond acceptors (Lipinski definition) is 6. The van der Waals surface area contributed by atoms with Crippen LogP contribution >= 0.6 is 11.6 Å². The number of halogens is 1. The van der Waals surface area contributed by atoms with Crippen LogP contribution in [0.15, 0.2) is 72.3 Å². The maximum Gasteiger partial charge on any atom is 0.335 e. The normalized spacial score (nSPS) is 16.1. The highest BCUT2D eigenvalue weighted by Crippen LogP contribution is 2.36. The molecule has 2 aliphatic heterocycles. The molecule has 170 valence electrons. The third-order valence-electron chi connectivity index (χ3n) is 5.26. The number of barbiturate groups is 1. The third kappa shape index (κ3) is 4.18. The third-order valence-corrected chi connectivity index (χ3v) is 5.63. The average Bonchev–Trinajstić information content (AvgIpc) is 3.30. The van der Waals surface area contributed by atoms with Crippen molar-refractivity contribution in [1.29, 1.82) is 0 Å². The molecule has 0 aromatic heterocycles. The molecule has 1 fully saturated rings. The Labute approximate surface area is 199 Å². The predicted octanol–water partition coefficient (Wildman–Crippen LogP) is 4.31. The van der Waals surface area contributed by atoms with Crippen LogP contribution in [-0.4, -0.2) is 24.6 Å². The lowest BCUT2D eigenvalue weighted by molar-refractivity contribution is -0.122. The number of urea groups is 1. The van der Waals surface area contributed by atoms with Crippen LogP contribution in [0.1, 0.15) is 11.1 Å². The first-order chi connectivity index (χ1) is 16.5. The van der Waals surface area contributed by atoms with Gasteiger partial charge in [-0.2, -0.15) is 0 Å². The van der Waals surface area contributed by atoms with Crippen molar-refractivity contribution < 1.29 is 28.6 Å². The molecule has 8 nitrogen and oxygen atoms in total. The summed E-state index contributed by atoms with van der Waals surface area (Å²) in [4.78, 5) is 38.8. The van der Waals surface area contributed by atoms with Crippen molar-refractivity contribution >= 4 is 41.2 Å². The number of rotatable bonds is 5. The van der Waals surface area contributed by atoms with Gasteiger partial charge in [0.05, 0.1) is 5.69 Å². The first-order valence-electron chi connectivity index (χ1n) is 10.3. The summed E-state index contributed by atoms with van der Waals surface area (Å²) in [6, 6.07) is 18.1. The molecule has 3 aromatic rings. The van der Waals surface area contributed by atoms with E-state index in [4.69, 9.17) is 25.8 Å². The Kier molecular flexibility index (Phi) is 5.65. The lowest BCUT2D eigenvalue weighted by Crippen LogP contribution is -2.54. The van der Waals surface area contributed by atoms with E-state index in [1.54, 1.807) is 42.5 Å². The number of carbonyl (C=O) groups excluding carboxylic acids is 3. The topological polar surface area (TPSA) is 94.2 Å². The van der Waals surface area contributed by atoms with Crippen LogP contribution in [0.2, 0.25) is 5.02 Å². The van der Waals surface area contributed by atoms with Crippen LogP contribution in [0.3, 0.4) is 0 Å². The Bertz CT molecular complexity index is 1340. The van der Waals surface area contributed by atoms with Gasteiger partial charge < -0.3 is 14.2 Å². The molecule has 0 aliphatic carbocycles. The number of fused-ring (bicyclic) bond motifs is 1. The Morgan fingerprint density at radius 2 is 1.74 bits per heavy atom. The maximum atomic E-state index is 13.1. The zero-order valence-electron chi connectivity index (χ0n) is 17.6. The molecule has 0 unspecified atom stereocenters. The molecule has 4 amide bonds. The molecule has 0 bridgehead atoms. The lowest BCUT2D eigenvalue weighted by Gasteiger charge is -2.26. The highest BCUT2D eigenvalue weighted by atomic mass is 35.5. The Morgan fingerprint density at radius 1 is 0.971 bits per heavy atom. The lowest BCUT2D eigenvalue weighted by atomic mass is 10.1. The monoisotopic (exact) mass is 476 g/mol. The second kappa shape index (κ2) is 8.92. The first-order valence-corrected chi connectivity index (χ1v) is 10.6. The molecule has 1 saturated heterocycles. The van der Waals surface area contributed by atoms with Gasteiger partial charge in [-0.05, 0) is 42.0 Å². The number of nitrogens with one attached hydrogen (secondary N) is 1. The van der Waals surface area contributed by atoms with E-state index in [0.29, 0.717) is 34.4 Å². The quantitative estimate of drug-likeness (QED) is 0.435. The zero-order valence-corrected chi connectivity index (χ0v) is 18.4. The van der Waals surface area contributed by atoms with Gasteiger partial charge in [0.15, 0.2) is 11.5 Å². The number of imide groups is 2. The van der Waals surface area contributed by atoms with E-state index in [9.17, 15) is 14.4 Å². The molecule has 5 rings (SSSR count).